The summed E-state index contributed by atoms with van der Waals surface area (Å²) in [4.78, 5) is 26.4. The van der Waals surface area contributed by atoms with Crippen molar-refractivity contribution in [2.75, 3.05) is 13.2 Å². The summed E-state index contributed by atoms with van der Waals surface area (Å²) in [5.74, 6) is -0.863. The van der Waals surface area contributed by atoms with Crippen LogP contribution >= 0.6 is 0 Å². The molecule has 1 aromatic rings. The highest BCUT2D eigenvalue weighted by Crippen LogP contribution is 2.51. The van der Waals surface area contributed by atoms with E-state index in [0.717, 1.165) is 18.4 Å². The number of fused-ring (bicyclic) bond motifs is 2. The molecular formula is C18H23NO4. The molecule has 1 N–H and O–H groups in total. The van der Waals surface area contributed by atoms with Crippen molar-refractivity contribution in [1.82, 2.24) is 4.90 Å². The molecule has 2 heterocycles. The van der Waals surface area contributed by atoms with Gasteiger partial charge in [-0.2, -0.15) is 0 Å². The molecule has 5 heteroatoms. The van der Waals surface area contributed by atoms with Crippen LogP contribution in [0, 0.1) is 5.41 Å². The van der Waals surface area contributed by atoms with Crippen molar-refractivity contribution in [3.63, 3.8) is 0 Å². The molecule has 1 amide bonds. The molecule has 3 atom stereocenters. The number of nitrogens with zero attached hydrogens (tertiary/aromatic N) is 1. The Morgan fingerprint density at radius 1 is 1.30 bits per heavy atom. The topological polar surface area (TPSA) is 66.8 Å². The number of carboxylic acid groups (broad SMARTS) is 1. The van der Waals surface area contributed by atoms with E-state index in [9.17, 15) is 14.7 Å². The van der Waals surface area contributed by atoms with Crippen LogP contribution < -0.4 is 0 Å². The van der Waals surface area contributed by atoms with E-state index in [-0.39, 0.29) is 24.6 Å². The van der Waals surface area contributed by atoms with E-state index in [1.54, 1.807) is 4.90 Å². The van der Waals surface area contributed by atoms with Crippen LogP contribution in [0.2, 0.25) is 0 Å². The molecule has 0 radical (unpaired) electrons. The second kappa shape index (κ2) is 6.32. The van der Waals surface area contributed by atoms with Crippen molar-refractivity contribution in [2.45, 2.75) is 44.7 Å². The summed E-state index contributed by atoms with van der Waals surface area (Å²) in [7, 11) is 0. The number of carbonyl (C=O) groups is 2. The molecule has 3 rings (SSSR count). The summed E-state index contributed by atoms with van der Waals surface area (Å²) in [5.41, 5.74) is 0.145. The molecule has 0 spiro atoms. The zero-order valence-corrected chi connectivity index (χ0v) is 13.4. The number of carboxylic acids is 1. The summed E-state index contributed by atoms with van der Waals surface area (Å²) < 4.78 is 5.24. The molecule has 0 saturated carbocycles. The Bertz CT molecular complexity index is 588. The molecular weight excluding hydrogens is 294 g/mol. The Morgan fingerprint density at radius 3 is 2.70 bits per heavy atom. The Labute approximate surface area is 136 Å². The van der Waals surface area contributed by atoms with Gasteiger partial charge in [0.15, 0.2) is 0 Å². The summed E-state index contributed by atoms with van der Waals surface area (Å²) in [6, 6.07) is 9.51. The van der Waals surface area contributed by atoms with Crippen LogP contribution in [0.15, 0.2) is 30.3 Å². The summed E-state index contributed by atoms with van der Waals surface area (Å²) in [5, 5.41) is 9.95. The van der Waals surface area contributed by atoms with Gasteiger partial charge in [-0.1, -0.05) is 30.3 Å². The number of benzene rings is 1. The number of ether oxygens (including phenoxy) is 1. The molecule has 23 heavy (non-hydrogen) atoms. The van der Waals surface area contributed by atoms with E-state index < -0.39 is 11.4 Å². The molecule has 0 aromatic heterocycles. The second-order valence-electron chi connectivity index (χ2n) is 6.51. The molecule has 0 aliphatic carbocycles. The van der Waals surface area contributed by atoms with Gasteiger partial charge in [-0.15, -0.1) is 0 Å². The molecule has 2 bridgehead atoms. The highest BCUT2D eigenvalue weighted by Gasteiger charge is 2.61. The summed E-state index contributed by atoms with van der Waals surface area (Å²) >= 11 is 0. The van der Waals surface area contributed by atoms with Crippen LogP contribution in [0.4, 0.5) is 0 Å². The van der Waals surface area contributed by atoms with Crippen LogP contribution in [-0.2, 0) is 20.7 Å². The lowest BCUT2D eigenvalue weighted by molar-refractivity contribution is -0.152. The highest BCUT2D eigenvalue weighted by atomic mass is 16.5. The SMILES string of the molecule is CCOCC(=O)N1[C@H]2CC[C@@H]1[C@](Cc1ccccc1)(C(=O)O)C2. The molecule has 2 fully saturated rings. The monoisotopic (exact) mass is 317 g/mol. The molecule has 1 aromatic carbocycles. The Hall–Kier alpha value is -1.88. The highest BCUT2D eigenvalue weighted by molar-refractivity contribution is 5.83. The third-order valence-corrected chi connectivity index (χ3v) is 5.25. The average molecular weight is 317 g/mol. The summed E-state index contributed by atoms with van der Waals surface area (Å²) in [6.45, 7) is 2.39. The first kappa shape index (κ1) is 16.0. The third kappa shape index (κ3) is 2.74. The molecule has 5 nitrogen and oxygen atoms in total. The lowest BCUT2D eigenvalue weighted by Crippen LogP contribution is -2.47. The minimum absolute atomic E-state index is 0.0350. The molecule has 0 unspecified atom stereocenters. The normalized spacial score (nSPS) is 29.0. The minimum Gasteiger partial charge on any atom is -0.481 e. The fraction of sp³-hybridized carbons (Fsp3) is 0.556. The fourth-order valence-electron chi connectivity index (χ4n) is 4.28. The van der Waals surface area contributed by atoms with E-state index in [4.69, 9.17) is 4.74 Å². The van der Waals surface area contributed by atoms with Gasteiger partial charge in [-0.25, -0.2) is 0 Å². The maximum atomic E-state index is 12.4. The number of hydrogen-bond acceptors (Lipinski definition) is 3. The third-order valence-electron chi connectivity index (χ3n) is 5.25. The van der Waals surface area contributed by atoms with Crippen molar-refractivity contribution in [1.29, 1.82) is 0 Å². The number of carbonyl (C=O) groups excluding carboxylic acids is 1. The van der Waals surface area contributed by atoms with Crippen molar-refractivity contribution in [2.24, 2.45) is 5.41 Å². The van der Waals surface area contributed by atoms with Crippen molar-refractivity contribution in [3.8, 4) is 0 Å². The van der Waals surface area contributed by atoms with Crippen molar-refractivity contribution < 1.29 is 19.4 Å². The predicted molar refractivity (Wildman–Crippen MR) is 85.0 cm³/mol. The lowest BCUT2D eigenvalue weighted by atomic mass is 9.70. The number of amides is 1. The largest absolute Gasteiger partial charge is 0.481 e. The summed E-state index contributed by atoms with van der Waals surface area (Å²) in [6.07, 6.45) is 2.68. The van der Waals surface area contributed by atoms with Gasteiger partial charge in [0.05, 0.1) is 5.41 Å². The molecule has 124 valence electrons. The van der Waals surface area contributed by atoms with Crippen molar-refractivity contribution in [3.05, 3.63) is 35.9 Å². The van der Waals surface area contributed by atoms with E-state index in [1.165, 1.54) is 0 Å². The maximum absolute atomic E-state index is 12.4. The van der Waals surface area contributed by atoms with E-state index in [2.05, 4.69) is 0 Å². The van der Waals surface area contributed by atoms with Gasteiger partial charge < -0.3 is 14.7 Å². The smallest absolute Gasteiger partial charge is 0.312 e. The molecule has 2 saturated heterocycles. The zero-order valence-electron chi connectivity index (χ0n) is 13.4. The number of aliphatic carboxylic acids is 1. The average Bonchev–Trinajstić information content (AvgIpc) is 3.10. The zero-order chi connectivity index (χ0) is 16.4. The van der Waals surface area contributed by atoms with Gasteiger partial charge >= 0.3 is 5.97 Å². The van der Waals surface area contributed by atoms with Gasteiger partial charge in [0.2, 0.25) is 5.91 Å². The standard InChI is InChI=1S/C18H23NO4/c1-2-23-12-16(20)19-14-8-9-15(19)18(11-14,17(21)22)10-13-6-4-3-5-7-13/h3-7,14-15H,2,8-12H2,1H3,(H,21,22)/t14-,15+,18+/m0/s1. The van der Waals surface area contributed by atoms with Crippen LogP contribution in [0.1, 0.15) is 31.7 Å². The quantitative estimate of drug-likeness (QED) is 0.872. The van der Waals surface area contributed by atoms with Crippen LogP contribution in [0.25, 0.3) is 0 Å². The number of hydrogen-bond donors (Lipinski definition) is 1. The lowest BCUT2D eigenvalue weighted by Gasteiger charge is -2.33. The Morgan fingerprint density at radius 2 is 2.04 bits per heavy atom. The predicted octanol–water partition coefficient (Wildman–Crippen LogP) is 2.10. The van der Waals surface area contributed by atoms with Gasteiger partial charge in [0, 0.05) is 18.7 Å². The van der Waals surface area contributed by atoms with E-state index in [0.29, 0.717) is 19.4 Å². The molecule has 2 aliphatic heterocycles. The van der Waals surface area contributed by atoms with Gasteiger partial charge in [0.25, 0.3) is 0 Å². The second-order valence-corrected chi connectivity index (χ2v) is 6.51. The first-order chi connectivity index (χ1) is 11.1. The van der Waals surface area contributed by atoms with E-state index >= 15 is 0 Å². The number of rotatable bonds is 6. The van der Waals surface area contributed by atoms with Gasteiger partial charge in [0.1, 0.15) is 6.61 Å². The van der Waals surface area contributed by atoms with E-state index in [1.807, 2.05) is 37.3 Å². The fourth-order valence-corrected chi connectivity index (χ4v) is 4.28. The molecule has 2 aliphatic rings. The first-order valence-electron chi connectivity index (χ1n) is 8.24. The Balaban J connectivity index is 1.85. The maximum Gasteiger partial charge on any atom is 0.312 e. The van der Waals surface area contributed by atoms with Crippen molar-refractivity contribution >= 4 is 11.9 Å². The Kier molecular flexibility index (Phi) is 4.39. The van der Waals surface area contributed by atoms with Crippen LogP contribution in [-0.4, -0.2) is 47.2 Å². The minimum atomic E-state index is -0.869. The van der Waals surface area contributed by atoms with Crippen LogP contribution in [0.3, 0.4) is 0 Å². The van der Waals surface area contributed by atoms with Gasteiger partial charge in [-0.3, -0.25) is 9.59 Å². The van der Waals surface area contributed by atoms with Crippen LogP contribution in [0.5, 0.6) is 0 Å². The van der Waals surface area contributed by atoms with Gasteiger partial charge in [-0.05, 0) is 38.2 Å². The first-order valence-corrected chi connectivity index (χ1v) is 8.24.